The van der Waals surface area contributed by atoms with Crippen LogP contribution in [0.15, 0.2) is 25.3 Å². The Labute approximate surface area is 70.6 Å². The van der Waals surface area contributed by atoms with Gasteiger partial charge in [-0.2, -0.15) is 0 Å². The monoisotopic (exact) mass is 154 g/mol. The second kappa shape index (κ2) is 5.14. The molecule has 0 saturated carbocycles. The summed E-state index contributed by atoms with van der Waals surface area (Å²) in [5.74, 6) is 0. The summed E-state index contributed by atoms with van der Waals surface area (Å²) < 4.78 is 1.04. The van der Waals surface area contributed by atoms with E-state index in [0.717, 1.165) is 17.4 Å². The Hall–Kier alpha value is -0.560. The van der Waals surface area contributed by atoms with Gasteiger partial charge in [0.1, 0.15) is 0 Å². The number of likely N-dealkylation sites (N-methyl/N-ethyl adjacent to an activating group) is 1. The van der Waals surface area contributed by atoms with Gasteiger partial charge < -0.3 is 4.48 Å². The van der Waals surface area contributed by atoms with E-state index in [2.05, 4.69) is 27.3 Å². The van der Waals surface area contributed by atoms with Crippen molar-refractivity contribution in [2.75, 3.05) is 27.2 Å². The van der Waals surface area contributed by atoms with Crippen LogP contribution in [0.2, 0.25) is 0 Å². The number of rotatable bonds is 6. The Morgan fingerprint density at radius 2 is 1.82 bits per heavy atom. The second-order valence-electron chi connectivity index (χ2n) is 3.56. The maximum Gasteiger partial charge on any atom is 0.0966 e. The first-order valence-corrected chi connectivity index (χ1v) is 4.16. The fraction of sp³-hybridized carbons (Fsp3) is 0.600. The molecule has 0 saturated heterocycles. The second-order valence-corrected chi connectivity index (χ2v) is 3.56. The predicted molar refractivity (Wildman–Crippen MR) is 51.5 cm³/mol. The van der Waals surface area contributed by atoms with Gasteiger partial charge in [-0.05, 0) is 18.9 Å². The first-order valence-electron chi connectivity index (χ1n) is 4.16. The number of unbranched alkanes of at least 4 members (excludes halogenated alkanes) is 1. The van der Waals surface area contributed by atoms with E-state index in [1.807, 2.05) is 12.2 Å². The van der Waals surface area contributed by atoms with Crippen LogP contribution < -0.4 is 0 Å². The molecular weight excluding hydrogens is 134 g/mol. The summed E-state index contributed by atoms with van der Waals surface area (Å²) >= 11 is 0. The zero-order chi connectivity index (χ0) is 8.74. The Balaban J connectivity index is 3.53. The number of hydrogen-bond donors (Lipinski definition) is 0. The van der Waals surface area contributed by atoms with E-state index in [0.29, 0.717) is 0 Å². The number of hydrogen-bond acceptors (Lipinski definition) is 0. The molecule has 11 heavy (non-hydrogen) atoms. The molecule has 0 aromatic rings. The van der Waals surface area contributed by atoms with Crippen LogP contribution in [0.5, 0.6) is 0 Å². The van der Waals surface area contributed by atoms with Gasteiger partial charge in [-0.25, -0.2) is 0 Å². The molecule has 0 spiro atoms. The van der Waals surface area contributed by atoms with Crippen molar-refractivity contribution in [3.63, 3.8) is 0 Å². The molecule has 1 heteroatoms. The van der Waals surface area contributed by atoms with Crippen LogP contribution in [0.25, 0.3) is 0 Å². The molecule has 64 valence electrons. The largest absolute Gasteiger partial charge is 0.325 e. The van der Waals surface area contributed by atoms with Crippen LogP contribution in [-0.4, -0.2) is 31.7 Å². The van der Waals surface area contributed by atoms with E-state index >= 15 is 0 Å². The third-order valence-corrected chi connectivity index (χ3v) is 1.80. The Bertz CT molecular complexity index is 125. The average molecular weight is 154 g/mol. The molecule has 0 radical (unpaired) electrons. The Morgan fingerprint density at radius 3 is 2.27 bits per heavy atom. The first-order chi connectivity index (χ1) is 5.12. The minimum atomic E-state index is 1.04. The van der Waals surface area contributed by atoms with Gasteiger partial charge in [-0.3, -0.25) is 0 Å². The van der Waals surface area contributed by atoms with Crippen LogP contribution >= 0.6 is 0 Å². The van der Waals surface area contributed by atoms with E-state index in [9.17, 15) is 0 Å². The van der Waals surface area contributed by atoms with Crippen LogP contribution in [-0.2, 0) is 0 Å². The van der Waals surface area contributed by atoms with Gasteiger partial charge in [0.2, 0.25) is 0 Å². The number of allylic oxidation sites excluding steroid dienone is 1. The summed E-state index contributed by atoms with van der Waals surface area (Å²) in [4.78, 5) is 0. The van der Waals surface area contributed by atoms with Gasteiger partial charge in [0, 0.05) is 0 Å². The van der Waals surface area contributed by atoms with Crippen molar-refractivity contribution in [2.45, 2.75) is 12.8 Å². The molecule has 0 aliphatic carbocycles. The first kappa shape index (κ1) is 10.4. The lowest BCUT2D eigenvalue weighted by Gasteiger charge is -2.28. The van der Waals surface area contributed by atoms with Crippen LogP contribution in [0.4, 0.5) is 0 Å². The molecule has 0 rings (SSSR count). The van der Waals surface area contributed by atoms with Crippen molar-refractivity contribution in [3.8, 4) is 0 Å². The number of nitrogens with zero attached hydrogens (tertiary/aromatic N) is 1. The molecule has 0 unspecified atom stereocenters. The third kappa shape index (κ3) is 5.86. The summed E-state index contributed by atoms with van der Waals surface area (Å²) in [7, 11) is 4.45. The SMILES string of the molecule is C=CCCC[N+](C)(C)CC=C. The summed E-state index contributed by atoms with van der Waals surface area (Å²) in [6.07, 6.45) is 6.31. The lowest BCUT2D eigenvalue weighted by atomic mass is 10.2. The number of quaternary nitrogens is 1. The Morgan fingerprint density at radius 1 is 1.18 bits per heavy atom. The highest BCUT2D eigenvalue weighted by Crippen LogP contribution is 2.01. The molecule has 0 aromatic heterocycles. The maximum atomic E-state index is 3.74. The van der Waals surface area contributed by atoms with Gasteiger partial charge in [-0.15, -0.1) is 6.58 Å². The van der Waals surface area contributed by atoms with Crippen LogP contribution in [0.3, 0.4) is 0 Å². The highest BCUT2D eigenvalue weighted by atomic mass is 15.3. The van der Waals surface area contributed by atoms with E-state index in [1.54, 1.807) is 0 Å². The van der Waals surface area contributed by atoms with E-state index < -0.39 is 0 Å². The third-order valence-electron chi connectivity index (χ3n) is 1.80. The van der Waals surface area contributed by atoms with Gasteiger partial charge in [0.25, 0.3) is 0 Å². The van der Waals surface area contributed by atoms with Crippen molar-refractivity contribution >= 4 is 0 Å². The van der Waals surface area contributed by atoms with E-state index in [4.69, 9.17) is 0 Å². The average Bonchev–Trinajstić information content (AvgIpc) is 1.87. The standard InChI is InChI=1S/C10H20N/c1-5-7-8-10-11(3,4)9-6-2/h5-6H,1-2,7-10H2,3-4H3/q+1. The lowest BCUT2D eigenvalue weighted by molar-refractivity contribution is -0.884. The smallest absolute Gasteiger partial charge is 0.0966 e. The highest BCUT2D eigenvalue weighted by molar-refractivity contribution is 4.67. The molecule has 0 N–H and O–H groups in total. The minimum absolute atomic E-state index is 1.04. The van der Waals surface area contributed by atoms with Crippen molar-refractivity contribution in [3.05, 3.63) is 25.3 Å². The molecular formula is C10H20N+. The molecule has 1 nitrogen and oxygen atoms in total. The topological polar surface area (TPSA) is 0 Å². The van der Waals surface area contributed by atoms with Gasteiger partial charge in [0.05, 0.1) is 27.2 Å². The van der Waals surface area contributed by atoms with E-state index in [-0.39, 0.29) is 0 Å². The van der Waals surface area contributed by atoms with Crippen molar-refractivity contribution in [2.24, 2.45) is 0 Å². The van der Waals surface area contributed by atoms with Crippen LogP contribution in [0.1, 0.15) is 12.8 Å². The van der Waals surface area contributed by atoms with Crippen LogP contribution in [0, 0.1) is 0 Å². The predicted octanol–water partition coefficient (Wildman–Crippen LogP) is 2.21. The molecule has 0 atom stereocenters. The highest BCUT2D eigenvalue weighted by Gasteiger charge is 2.10. The quantitative estimate of drug-likeness (QED) is 0.312. The molecule has 0 aromatic carbocycles. The van der Waals surface area contributed by atoms with E-state index in [1.165, 1.54) is 13.0 Å². The molecule has 0 fully saturated rings. The van der Waals surface area contributed by atoms with Crippen molar-refractivity contribution in [1.29, 1.82) is 0 Å². The summed E-state index contributed by atoms with van der Waals surface area (Å²) in [6.45, 7) is 9.70. The summed E-state index contributed by atoms with van der Waals surface area (Å²) in [5.41, 5.74) is 0. The zero-order valence-electron chi connectivity index (χ0n) is 7.84. The maximum absolute atomic E-state index is 3.74. The normalized spacial score (nSPS) is 11.1. The van der Waals surface area contributed by atoms with Gasteiger partial charge in [0.15, 0.2) is 0 Å². The minimum Gasteiger partial charge on any atom is -0.325 e. The molecule has 0 aliphatic heterocycles. The summed E-state index contributed by atoms with van der Waals surface area (Å²) in [5, 5.41) is 0. The Kier molecular flexibility index (Phi) is 4.88. The zero-order valence-corrected chi connectivity index (χ0v) is 7.84. The molecule has 0 aliphatic rings. The summed E-state index contributed by atoms with van der Waals surface area (Å²) in [6, 6.07) is 0. The fourth-order valence-corrected chi connectivity index (χ4v) is 1.10. The molecule has 0 heterocycles. The van der Waals surface area contributed by atoms with Crippen molar-refractivity contribution < 1.29 is 4.48 Å². The lowest BCUT2D eigenvalue weighted by Crippen LogP contribution is -2.40. The molecule has 0 bridgehead atoms. The van der Waals surface area contributed by atoms with Crippen molar-refractivity contribution in [1.82, 2.24) is 0 Å². The fourth-order valence-electron chi connectivity index (χ4n) is 1.10. The van der Waals surface area contributed by atoms with Gasteiger partial charge >= 0.3 is 0 Å². The molecule has 0 amide bonds. The van der Waals surface area contributed by atoms with Gasteiger partial charge in [-0.1, -0.05) is 12.7 Å².